The molecule has 0 aliphatic rings. The summed E-state index contributed by atoms with van der Waals surface area (Å²) in [5.74, 6) is 5.80. The number of Topliss-reactive ketones (excluding diaryl/α,β-unsaturated/α-hetero) is 1. The van der Waals surface area contributed by atoms with Gasteiger partial charge in [-0.3, -0.25) is 16.5 Å². The molecule has 0 saturated carbocycles. The van der Waals surface area contributed by atoms with Gasteiger partial charge in [-0.2, -0.15) is 0 Å². The van der Waals surface area contributed by atoms with Crippen molar-refractivity contribution in [2.45, 2.75) is 6.92 Å². The van der Waals surface area contributed by atoms with Gasteiger partial charge in [0.15, 0.2) is 0 Å². The molecule has 48 valence electrons. The first kappa shape index (κ1) is 10.1. The van der Waals surface area contributed by atoms with E-state index in [1.165, 1.54) is 0 Å². The van der Waals surface area contributed by atoms with Crippen molar-refractivity contribution in [3.63, 3.8) is 0 Å². The van der Waals surface area contributed by atoms with Gasteiger partial charge < -0.3 is 5.11 Å². The molecule has 0 fully saturated rings. The van der Waals surface area contributed by atoms with Gasteiger partial charge in [0.05, 0.1) is 0 Å². The van der Waals surface area contributed by atoms with Crippen molar-refractivity contribution in [2.24, 2.45) is 11.7 Å². The molecule has 0 aliphatic heterocycles. The maximum atomic E-state index is 9.54. The summed E-state index contributed by atoms with van der Waals surface area (Å²) in [5, 5.41) is 7.64. The van der Waals surface area contributed by atoms with Crippen molar-refractivity contribution < 1.29 is 14.7 Å². The van der Waals surface area contributed by atoms with Crippen molar-refractivity contribution in [3.8, 4) is 0 Å². The zero-order valence-electron chi connectivity index (χ0n) is 4.42. The molecule has 0 heterocycles. The molecule has 5 nitrogen and oxygen atoms in total. The average molecular weight is 120 g/mol. The largest absolute Gasteiger partial charge is 0.476 e. The highest BCUT2D eigenvalue weighted by Gasteiger charge is 1.98. The molecular weight excluding hydrogens is 112 g/mol. The second kappa shape index (κ2) is 6.06. The molecule has 0 aromatic rings. The van der Waals surface area contributed by atoms with Crippen molar-refractivity contribution in [2.75, 3.05) is 0 Å². The number of aliphatic carboxylic acids is 1. The Kier molecular flexibility index (Phi) is 7.67. The third kappa shape index (κ3) is 8.91. The molecule has 0 saturated heterocycles. The third-order valence-corrected chi connectivity index (χ3v) is 0.301. The van der Waals surface area contributed by atoms with Gasteiger partial charge in [0.25, 0.3) is 0 Å². The minimum Gasteiger partial charge on any atom is -0.476 e. The predicted octanol–water partition coefficient (Wildman–Crippen LogP) is -1.52. The van der Waals surface area contributed by atoms with E-state index in [1.54, 1.807) is 0 Å². The van der Waals surface area contributed by atoms with E-state index in [2.05, 4.69) is 11.7 Å². The van der Waals surface area contributed by atoms with Crippen LogP contribution in [0.4, 0.5) is 0 Å². The van der Waals surface area contributed by atoms with E-state index in [4.69, 9.17) is 5.11 Å². The van der Waals surface area contributed by atoms with Gasteiger partial charge in [-0.15, -0.1) is 0 Å². The Bertz CT molecular complexity index is 78.5. The lowest BCUT2D eigenvalue weighted by Crippen LogP contribution is -2.05. The molecule has 0 bridgehead atoms. The van der Waals surface area contributed by atoms with Gasteiger partial charge in [-0.25, -0.2) is 4.79 Å². The van der Waals surface area contributed by atoms with Crippen molar-refractivity contribution in [3.05, 3.63) is 0 Å². The van der Waals surface area contributed by atoms with E-state index in [0.29, 0.717) is 0 Å². The number of carbonyl (C=O) groups excluding carboxylic acids is 1. The first-order chi connectivity index (χ1) is 3.64. The summed E-state index contributed by atoms with van der Waals surface area (Å²) in [4.78, 5) is 18.9. The maximum Gasteiger partial charge on any atom is 0.371 e. The summed E-state index contributed by atoms with van der Waals surface area (Å²) in [6, 6.07) is 0. The fraction of sp³-hybridized carbons (Fsp3) is 0.333. The average Bonchev–Trinajstić information content (AvgIpc) is 1.72. The fourth-order valence-corrected chi connectivity index (χ4v) is 0. The van der Waals surface area contributed by atoms with E-state index >= 15 is 0 Å². The van der Waals surface area contributed by atoms with Gasteiger partial charge in [0.2, 0.25) is 5.78 Å². The van der Waals surface area contributed by atoms with E-state index in [0.717, 1.165) is 6.92 Å². The molecule has 5 N–H and O–H groups in total. The number of carboxylic acid groups (broad SMARTS) is 1. The summed E-state index contributed by atoms with van der Waals surface area (Å²) in [6.07, 6.45) is 0. The van der Waals surface area contributed by atoms with E-state index in [1.807, 2.05) is 0 Å². The Morgan fingerprint density at radius 2 is 1.50 bits per heavy atom. The lowest BCUT2D eigenvalue weighted by Gasteiger charge is -1.73. The van der Waals surface area contributed by atoms with Crippen LogP contribution in [0.1, 0.15) is 6.92 Å². The Morgan fingerprint density at radius 1 is 1.38 bits per heavy atom. The van der Waals surface area contributed by atoms with Crippen LogP contribution in [0.3, 0.4) is 0 Å². The molecule has 0 radical (unpaired) electrons. The molecule has 0 amide bonds. The summed E-state index contributed by atoms with van der Waals surface area (Å²) in [7, 11) is 0. The Morgan fingerprint density at radius 3 is 1.50 bits per heavy atom. The lowest BCUT2D eigenvalue weighted by atomic mass is 10.5. The summed E-state index contributed by atoms with van der Waals surface area (Å²) in [5.41, 5.74) is 0. The minimum atomic E-state index is -1.38. The normalized spacial score (nSPS) is 6.38. The zero-order valence-corrected chi connectivity index (χ0v) is 4.42. The van der Waals surface area contributed by atoms with Crippen LogP contribution in [0.5, 0.6) is 0 Å². The van der Waals surface area contributed by atoms with Crippen LogP contribution < -0.4 is 11.7 Å². The second-order valence-electron chi connectivity index (χ2n) is 0.861. The number of carboxylic acids is 1. The van der Waals surface area contributed by atoms with Crippen LogP contribution >= 0.6 is 0 Å². The quantitative estimate of drug-likeness (QED) is 0.221. The van der Waals surface area contributed by atoms with E-state index in [-0.39, 0.29) is 0 Å². The molecule has 8 heavy (non-hydrogen) atoms. The lowest BCUT2D eigenvalue weighted by molar-refractivity contribution is -0.148. The maximum absolute atomic E-state index is 9.54. The van der Waals surface area contributed by atoms with Gasteiger partial charge in [0.1, 0.15) is 0 Å². The Balaban J connectivity index is 0. The number of rotatable bonds is 1. The number of hydrogen-bond acceptors (Lipinski definition) is 4. The van der Waals surface area contributed by atoms with Gasteiger partial charge >= 0.3 is 5.97 Å². The minimum absolute atomic E-state index is 0.824. The molecule has 0 spiro atoms. The van der Waals surface area contributed by atoms with Crippen molar-refractivity contribution in [1.82, 2.24) is 0 Å². The number of carbonyl (C=O) groups is 2. The van der Waals surface area contributed by atoms with Gasteiger partial charge in [-0.1, -0.05) is 0 Å². The van der Waals surface area contributed by atoms with Crippen molar-refractivity contribution >= 4 is 11.8 Å². The van der Waals surface area contributed by atoms with Gasteiger partial charge in [0, 0.05) is 6.92 Å². The molecule has 5 heteroatoms. The van der Waals surface area contributed by atoms with Crippen LogP contribution in [0, 0.1) is 0 Å². The molecule has 0 aromatic heterocycles. The number of ketones is 1. The van der Waals surface area contributed by atoms with Crippen LogP contribution in [-0.2, 0) is 9.59 Å². The molecule has 0 atom stereocenters. The predicted molar refractivity (Wildman–Crippen MR) is 26.7 cm³/mol. The van der Waals surface area contributed by atoms with E-state index in [9.17, 15) is 9.59 Å². The molecular formula is C3H8N2O3. The highest BCUT2D eigenvalue weighted by molar-refractivity contribution is 6.31. The monoisotopic (exact) mass is 120 g/mol. The van der Waals surface area contributed by atoms with Crippen molar-refractivity contribution in [1.29, 1.82) is 0 Å². The fourth-order valence-electron chi connectivity index (χ4n) is 0. The van der Waals surface area contributed by atoms with Crippen LogP contribution in [0.2, 0.25) is 0 Å². The number of hydrogen-bond donors (Lipinski definition) is 3. The SMILES string of the molecule is CC(=O)C(=O)O.NN. The first-order valence-corrected chi connectivity index (χ1v) is 1.72. The highest BCUT2D eigenvalue weighted by atomic mass is 16.4. The van der Waals surface area contributed by atoms with Gasteiger partial charge in [-0.05, 0) is 0 Å². The van der Waals surface area contributed by atoms with Crippen LogP contribution in [0.25, 0.3) is 0 Å². The zero-order chi connectivity index (χ0) is 7.15. The molecule has 0 aromatic carbocycles. The molecule has 0 aliphatic carbocycles. The third-order valence-electron chi connectivity index (χ3n) is 0.301. The number of hydrazine groups is 1. The summed E-state index contributed by atoms with van der Waals surface area (Å²) >= 11 is 0. The van der Waals surface area contributed by atoms with Crippen LogP contribution in [-0.4, -0.2) is 16.9 Å². The van der Waals surface area contributed by atoms with Crippen LogP contribution in [0.15, 0.2) is 0 Å². The Hall–Kier alpha value is -0.940. The summed E-state index contributed by atoms with van der Waals surface area (Å²) in [6.45, 7) is 1.00. The first-order valence-electron chi connectivity index (χ1n) is 1.72. The van der Waals surface area contributed by atoms with E-state index < -0.39 is 11.8 Å². The molecule has 0 rings (SSSR count). The second-order valence-corrected chi connectivity index (χ2v) is 0.861. The number of nitrogens with two attached hydrogens (primary N) is 2. The smallest absolute Gasteiger partial charge is 0.371 e. The molecule has 0 unspecified atom stereocenters. The standard InChI is InChI=1S/C3H4O3.H4N2/c1-2(4)3(5)6;1-2/h1H3,(H,5,6);1-2H2. The summed E-state index contributed by atoms with van der Waals surface area (Å²) < 4.78 is 0. The Labute approximate surface area is 46.2 Å². The topological polar surface area (TPSA) is 106 Å². The highest BCUT2D eigenvalue weighted by Crippen LogP contribution is 1.61.